The van der Waals surface area contributed by atoms with E-state index in [0.29, 0.717) is 10.8 Å². The molecule has 11 heteroatoms. The lowest BCUT2D eigenvalue weighted by Crippen LogP contribution is -2.09. The van der Waals surface area contributed by atoms with Crippen LogP contribution >= 0.6 is 19.5 Å². The number of methoxy groups -OCH3 is 1. The fourth-order valence-corrected chi connectivity index (χ4v) is 3.82. The van der Waals surface area contributed by atoms with Gasteiger partial charge in [0, 0.05) is 17.8 Å². The molecule has 0 aliphatic rings. The number of hydrogen-bond donors (Lipinski definition) is 2. The van der Waals surface area contributed by atoms with Crippen LogP contribution in [0.4, 0.5) is 33.2 Å². The van der Waals surface area contributed by atoms with Gasteiger partial charge in [-0.1, -0.05) is 37.7 Å². The highest BCUT2D eigenvalue weighted by Crippen LogP contribution is 2.34. The van der Waals surface area contributed by atoms with E-state index in [1.165, 1.54) is 13.3 Å². The van der Waals surface area contributed by atoms with E-state index in [9.17, 15) is 14.5 Å². The van der Waals surface area contributed by atoms with Crippen molar-refractivity contribution < 1.29 is 14.1 Å². The molecule has 3 aromatic rings. The highest BCUT2D eigenvalue weighted by atomic mass is 35.5. The van der Waals surface area contributed by atoms with Crippen molar-refractivity contribution in [2.75, 3.05) is 31.1 Å². The lowest BCUT2D eigenvalue weighted by Gasteiger charge is -2.16. The van der Waals surface area contributed by atoms with E-state index in [0.717, 1.165) is 23.1 Å². The molecule has 0 radical (unpaired) electrons. The van der Waals surface area contributed by atoms with Gasteiger partial charge in [0.05, 0.1) is 23.9 Å². The summed E-state index contributed by atoms with van der Waals surface area (Å²) in [6, 6.07) is 9.78. The fraction of sp³-hybridized carbons (Fsp3) is 0.158. The maximum Gasteiger partial charge on any atom is 0.307 e. The molecular formula is C19H18ClFN5O3P. The summed E-state index contributed by atoms with van der Waals surface area (Å²) in [4.78, 5) is 18.7. The Bertz CT molecular complexity index is 1100. The number of nitro groups is 1. The third-order valence-corrected chi connectivity index (χ3v) is 5.73. The van der Waals surface area contributed by atoms with E-state index in [4.69, 9.17) is 16.3 Å². The molecule has 0 bridgehead atoms. The predicted molar refractivity (Wildman–Crippen MR) is 118 cm³/mol. The highest BCUT2D eigenvalue weighted by Gasteiger charge is 2.20. The molecule has 0 saturated heterocycles. The van der Waals surface area contributed by atoms with E-state index in [-0.39, 0.29) is 25.3 Å². The molecule has 1 heterocycles. The van der Waals surface area contributed by atoms with Gasteiger partial charge in [-0.25, -0.2) is 4.98 Å². The van der Waals surface area contributed by atoms with Crippen LogP contribution in [0.25, 0.3) is 0 Å². The summed E-state index contributed by atoms with van der Waals surface area (Å²) in [5.74, 6) is -0.476. The van der Waals surface area contributed by atoms with Crippen molar-refractivity contribution in [3.05, 3.63) is 63.5 Å². The normalized spacial score (nSPS) is 10.7. The smallest absolute Gasteiger partial charge is 0.307 e. The molecule has 0 atom stereocenters. The van der Waals surface area contributed by atoms with Crippen molar-refractivity contribution in [2.45, 2.75) is 0 Å². The van der Waals surface area contributed by atoms with Crippen molar-refractivity contribution in [3.63, 3.8) is 0 Å². The molecule has 1 aromatic heterocycles. The van der Waals surface area contributed by atoms with Crippen LogP contribution < -0.4 is 20.7 Å². The largest absolute Gasteiger partial charge is 0.494 e. The summed E-state index contributed by atoms with van der Waals surface area (Å²) >= 11 is 6.25. The summed E-state index contributed by atoms with van der Waals surface area (Å²) in [5.41, 5.74) is 0.318. The molecular weight excluding hydrogens is 432 g/mol. The Labute approximate surface area is 178 Å². The second-order valence-corrected chi connectivity index (χ2v) is 8.99. The first-order valence-corrected chi connectivity index (χ1v) is 11.3. The predicted octanol–water partition coefficient (Wildman–Crippen LogP) is 5.04. The van der Waals surface area contributed by atoms with Gasteiger partial charge in [-0.3, -0.25) is 10.1 Å². The Hall–Kier alpha value is -3.03. The first kappa shape index (κ1) is 21.7. The van der Waals surface area contributed by atoms with Gasteiger partial charge in [0.25, 0.3) is 0 Å². The summed E-state index contributed by atoms with van der Waals surface area (Å²) in [6.07, 6.45) is 1.40. The molecule has 2 aromatic carbocycles. The van der Waals surface area contributed by atoms with Crippen LogP contribution in [-0.4, -0.2) is 35.3 Å². The Morgan fingerprint density at radius 1 is 1.20 bits per heavy atom. The van der Waals surface area contributed by atoms with E-state index >= 15 is 0 Å². The molecule has 0 unspecified atom stereocenters. The minimum Gasteiger partial charge on any atom is -0.494 e. The number of anilines is 4. The van der Waals surface area contributed by atoms with Crippen LogP contribution in [0.15, 0.2) is 42.6 Å². The number of rotatable bonds is 7. The molecule has 8 nitrogen and oxygen atoms in total. The lowest BCUT2D eigenvalue weighted by molar-refractivity contribution is -0.387. The highest BCUT2D eigenvalue weighted by molar-refractivity contribution is 7.64. The SMILES string of the molecule is COc1cc(F)c([N+](=O)[O-])cc1Nc1ncc(Cl)c(Nc2ccccc2P(C)C)n1. The van der Waals surface area contributed by atoms with E-state index < -0.39 is 16.4 Å². The van der Waals surface area contributed by atoms with Crippen molar-refractivity contribution in [3.8, 4) is 5.75 Å². The zero-order valence-electron chi connectivity index (χ0n) is 16.3. The van der Waals surface area contributed by atoms with Gasteiger partial charge in [-0.05, 0) is 24.7 Å². The molecule has 0 saturated carbocycles. The Morgan fingerprint density at radius 3 is 2.60 bits per heavy atom. The van der Waals surface area contributed by atoms with Crippen molar-refractivity contribution in [1.29, 1.82) is 0 Å². The standard InChI is InChI=1S/C19H18ClFN5O3P/c1-29-16-8-12(21)15(26(27)28)9-14(16)24-19-22-10-11(20)18(25-19)23-13-6-4-5-7-17(13)30(2)3/h4-10H,1-3H3,(H2,22,23,24,25). The van der Waals surface area contributed by atoms with E-state index in [1.807, 2.05) is 24.3 Å². The third kappa shape index (κ3) is 4.75. The van der Waals surface area contributed by atoms with Crippen LogP contribution in [0.3, 0.4) is 0 Å². The maximum absolute atomic E-state index is 13.9. The Kier molecular flexibility index (Phi) is 6.64. The zero-order valence-corrected chi connectivity index (χ0v) is 18.0. The second-order valence-electron chi connectivity index (χ2n) is 6.31. The molecule has 0 spiro atoms. The van der Waals surface area contributed by atoms with Gasteiger partial charge in [0.1, 0.15) is 10.8 Å². The molecule has 2 N–H and O–H groups in total. The van der Waals surface area contributed by atoms with Gasteiger partial charge in [-0.2, -0.15) is 9.37 Å². The Balaban J connectivity index is 1.95. The number of hydrogen-bond acceptors (Lipinski definition) is 7. The van der Waals surface area contributed by atoms with Crippen LogP contribution in [-0.2, 0) is 0 Å². The van der Waals surface area contributed by atoms with Gasteiger partial charge in [0.2, 0.25) is 11.8 Å². The number of ether oxygens (including phenoxy) is 1. The molecule has 156 valence electrons. The van der Waals surface area contributed by atoms with Crippen molar-refractivity contribution in [1.82, 2.24) is 9.97 Å². The third-order valence-electron chi connectivity index (χ3n) is 4.10. The minimum atomic E-state index is -1.01. The number of halogens is 2. The van der Waals surface area contributed by atoms with E-state index in [2.05, 4.69) is 33.9 Å². The monoisotopic (exact) mass is 449 g/mol. The number of para-hydroxylation sites is 1. The van der Waals surface area contributed by atoms with Gasteiger partial charge < -0.3 is 15.4 Å². The number of benzene rings is 2. The van der Waals surface area contributed by atoms with E-state index in [1.54, 1.807) is 0 Å². The van der Waals surface area contributed by atoms with Gasteiger partial charge in [0.15, 0.2) is 5.82 Å². The average molecular weight is 450 g/mol. The van der Waals surface area contributed by atoms with Crippen LogP contribution in [0.2, 0.25) is 5.02 Å². The maximum atomic E-state index is 13.9. The zero-order chi connectivity index (χ0) is 21.8. The number of aromatic nitrogens is 2. The summed E-state index contributed by atoms with van der Waals surface area (Å²) in [7, 11) is 0.956. The van der Waals surface area contributed by atoms with Crippen LogP contribution in [0.5, 0.6) is 5.75 Å². The number of nitro benzene ring substituents is 1. The van der Waals surface area contributed by atoms with Gasteiger partial charge in [-0.15, -0.1) is 0 Å². The molecule has 30 heavy (non-hydrogen) atoms. The quantitative estimate of drug-likeness (QED) is 0.296. The second kappa shape index (κ2) is 9.19. The first-order valence-electron chi connectivity index (χ1n) is 8.65. The fourth-order valence-electron chi connectivity index (χ4n) is 2.68. The van der Waals surface area contributed by atoms with Crippen molar-refractivity contribution >= 4 is 53.7 Å². The molecule has 0 fully saturated rings. The summed E-state index contributed by atoms with van der Waals surface area (Å²) in [6.45, 7) is 4.27. The molecule has 3 rings (SSSR count). The topological polar surface area (TPSA) is 102 Å². The molecule has 0 aliphatic carbocycles. The van der Waals surface area contributed by atoms with Crippen molar-refractivity contribution in [2.24, 2.45) is 0 Å². The minimum absolute atomic E-state index is 0.0686. The lowest BCUT2D eigenvalue weighted by atomic mass is 10.2. The van der Waals surface area contributed by atoms with Gasteiger partial charge >= 0.3 is 5.69 Å². The molecule has 0 amide bonds. The number of nitrogens with zero attached hydrogens (tertiary/aromatic N) is 3. The Morgan fingerprint density at radius 2 is 1.93 bits per heavy atom. The first-order chi connectivity index (χ1) is 14.3. The average Bonchev–Trinajstić information content (AvgIpc) is 2.71. The number of nitrogens with one attached hydrogen (secondary N) is 2. The van der Waals surface area contributed by atoms with Crippen LogP contribution in [0.1, 0.15) is 0 Å². The molecule has 0 aliphatic heterocycles. The summed E-state index contributed by atoms with van der Waals surface area (Å²) in [5, 5.41) is 18.5. The summed E-state index contributed by atoms with van der Waals surface area (Å²) < 4.78 is 19.0. The van der Waals surface area contributed by atoms with Crippen LogP contribution in [0, 0.1) is 15.9 Å².